The lowest BCUT2D eigenvalue weighted by atomic mass is 9.99. The van der Waals surface area contributed by atoms with Gasteiger partial charge in [0.25, 0.3) is 0 Å². The molecule has 0 spiro atoms. The lowest BCUT2D eigenvalue weighted by Crippen LogP contribution is -2.04. The summed E-state index contributed by atoms with van der Waals surface area (Å²) in [7, 11) is 2.97. The number of esters is 1. The second kappa shape index (κ2) is 8.36. The average molecular weight is 363 g/mol. The number of carbonyl (C=O) groups is 1. The third-order valence-corrected chi connectivity index (χ3v) is 4.29. The van der Waals surface area contributed by atoms with Crippen LogP contribution in [0, 0.1) is 6.92 Å². The number of aryl methyl sites for hydroxylation is 1. The van der Waals surface area contributed by atoms with Gasteiger partial charge in [0.15, 0.2) is 11.5 Å². The van der Waals surface area contributed by atoms with Crippen LogP contribution >= 0.6 is 0 Å². The molecule has 0 N–H and O–H groups in total. The van der Waals surface area contributed by atoms with Gasteiger partial charge in [0.2, 0.25) is 0 Å². The predicted molar refractivity (Wildman–Crippen MR) is 103 cm³/mol. The topological polar surface area (TPSA) is 57.7 Å². The maximum absolute atomic E-state index is 12.1. The number of benzene rings is 2. The van der Waals surface area contributed by atoms with Crippen LogP contribution in [0.4, 0.5) is 0 Å². The highest BCUT2D eigenvalue weighted by atomic mass is 16.5. The van der Waals surface area contributed by atoms with E-state index in [4.69, 9.17) is 14.2 Å². The van der Waals surface area contributed by atoms with E-state index < -0.39 is 0 Å². The standard InChI is InChI=1S/C22H21NO4/c1-15-7-6-12-23-19(15)14-27-21-13-16(10-11-20(21)25-2)17-8-4-5-9-18(17)22(24)26-3/h4-13H,14H2,1-3H3. The van der Waals surface area contributed by atoms with Gasteiger partial charge in [-0.15, -0.1) is 0 Å². The van der Waals surface area contributed by atoms with Crippen LogP contribution in [0.2, 0.25) is 0 Å². The fourth-order valence-electron chi connectivity index (χ4n) is 2.80. The van der Waals surface area contributed by atoms with Gasteiger partial charge in [0.05, 0.1) is 25.5 Å². The first-order valence-electron chi connectivity index (χ1n) is 8.53. The summed E-state index contributed by atoms with van der Waals surface area (Å²) in [5.74, 6) is 0.815. The molecule has 1 aromatic heterocycles. The molecule has 2 aromatic carbocycles. The van der Waals surface area contributed by atoms with Crippen LogP contribution in [0.1, 0.15) is 21.6 Å². The normalized spacial score (nSPS) is 10.3. The summed E-state index contributed by atoms with van der Waals surface area (Å²) in [5.41, 5.74) is 4.02. The van der Waals surface area contributed by atoms with Crippen molar-refractivity contribution in [1.29, 1.82) is 0 Å². The molecule has 3 aromatic rings. The minimum Gasteiger partial charge on any atom is -0.493 e. The van der Waals surface area contributed by atoms with E-state index in [0.29, 0.717) is 23.7 Å². The minimum atomic E-state index is -0.381. The third kappa shape index (κ3) is 4.08. The molecule has 0 bridgehead atoms. The highest BCUT2D eigenvalue weighted by molar-refractivity contribution is 5.97. The van der Waals surface area contributed by atoms with Crippen molar-refractivity contribution in [2.75, 3.05) is 14.2 Å². The second-order valence-electron chi connectivity index (χ2n) is 5.96. The molecule has 5 heteroatoms. The number of hydrogen-bond acceptors (Lipinski definition) is 5. The van der Waals surface area contributed by atoms with Crippen LogP contribution in [0.3, 0.4) is 0 Å². The molecule has 0 saturated heterocycles. The molecule has 0 fully saturated rings. The molecule has 5 nitrogen and oxygen atoms in total. The van der Waals surface area contributed by atoms with Crippen molar-refractivity contribution in [3.8, 4) is 22.6 Å². The molecule has 0 radical (unpaired) electrons. The molecular formula is C22H21NO4. The van der Waals surface area contributed by atoms with Gasteiger partial charge in [0, 0.05) is 6.20 Å². The number of aromatic nitrogens is 1. The Balaban J connectivity index is 1.95. The largest absolute Gasteiger partial charge is 0.493 e. The second-order valence-corrected chi connectivity index (χ2v) is 5.96. The summed E-state index contributed by atoms with van der Waals surface area (Å²) in [6.45, 7) is 2.32. The molecule has 0 unspecified atom stereocenters. The summed E-state index contributed by atoms with van der Waals surface area (Å²) in [5, 5.41) is 0. The van der Waals surface area contributed by atoms with Crippen LogP contribution in [0.15, 0.2) is 60.8 Å². The molecule has 0 aliphatic carbocycles. The molecule has 3 rings (SSSR count). The SMILES string of the molecule is COC(=O)c1ccccc1-c1ccc(OC)c(OCc2ncccc2C)c1. The van der Waals surface area contributed by atoms with Crippen molar-refractivity contribution in [2.45, 2.75) is 13.5 Å². The molecule has 0 atom stereocenters. The maximum Gasteiger partial charge on any atom is 0.338 e. The van der Waals surface area contributed by atoms with Gasteiger partial charge >= 0.3 is 5.97 Å². The molecule has 138 valence electrons. The third-order valence-electron chi connectivity index (χ3n) is 4.29. The zero-order valence-electron chi connectivity index (χ0n) is 15.6. The van der Waals surface area contributed by atoms with E-state index in [0.717, 1.165) is 22.4 Å². The van der Waals surface area contributed by atoms with Gasteiger partial charge in [-0.3, -0.25) is 4.98 Å². The first-order chi connectivity index (χ1) is 13.1. The Bertz CT molecular complexity index is 953. The first-order valence-corrected chi connectivity index (χ1v) is 8.53. The Morgan fingerprint density at radius 3 is 2.56 bits per heavy atom. The van der Waals surface area contributed by atoms with Crippen molar-refractivity contribution in [2.24, 2.45) is 0 Å². The number of hydrogen-bond donors (Lipinski definition) is 0. The molecule has 0 aliphatic heterocycles. The summed E-state index contributed by atoms with van der Waals surface area (Å²) in [6, 6.07) is 16.8. The average Bonchev–Trinajstić information content (AvgIpc) is 2.72. The highest BCUT2D eigenvalue weighted by Gasteiger charge is 2.15. The molecule has 0 saturated carbocycles. The summed E-state index contributed by atoms with van der Waals surface area (Å²) in [6.07, 6.45) is 1.74. The Morgan fingerprint density at radius 2 is 1.81 bits per heavy atom. The van der Waals surface area contributed by atoms with E-state index in [1.54, 1.807) is 25.4 Å². The van der Waals surface area contributed by atoms with Crippen molar-refractivity contribution in [3.63, 3.8) is 0 Å². The van der Waals surface area contributed by atoms with Gasteiger partial charge < -0.3 is 14.2 Å². The van der Waals surface area contributed by atoms with Crippen molar-refractivity contribution >= 4 is 5.97 Å². The van der Waals surface area contributed by atoms with E-state index >= 15 is 0 Å². The van der Waals surface area contributed by atoms with Gasteiger partial charge in [-0.1, -0.05) is 30.3 Å². The first kappa shape index (κ1) is 18.5. The van der Waals surface area contributed by atoms with E-state index in [1.165, 1.54) is 7.11 Å². The molecule has 0 aliphatic rings. The van der Waals surface area contributed by atoms with E-state index in [1.807, 2.05) is 49.4 Å². The van der Waals surface area contributed by atoms with Crippen molar-refractivity contribution in [3.05, 3.63) is 77.6 Å². The van der Waals surface area contributed by atoms with E-state index in [-0.39, 0.29) is 5.97 Å². The van der Waals surface area contributed by atoms with Gasteiger partial charge in [0.1, 0.15) is 6.61 Å². The number of pyridine rings is 1. The smallest absolute Gasteiger partial charge is 0.338 e. The summed E-state index contributed by atoms with van der Waals surface area (Å²) in [4.78, 5) is 16.4. The Kier molecular flexibility index (Phi) is 5.71. The number of rotatable bonds is 6. The van der Waals surface area contributed by atoms with Crippen LogP contribution in [0.25, 0.3) is 11.1 Å². The Labute approximate surface area is 158 Å². The number of methoxy groups -OCH3 is 2. The van der Waals surface area contributed by atoms with E-state index in [9.17, 15) is 4.79 Å². The van der Waals surface area contributed by atoms with Gasteiger partial charge in [-0.25, -0.2) is 4.79 Å². The van der Waals surface area contributed by atoms with Crippen LogP contribution < -0.4 is 9.47 Å². The predicted octanol–water partition coefficient (Wildman–Crippen LogP) is 4.43. The summed E-state index contributed by atoms with van der Waals surface area (Å²) >= 11 is 0. The molecular weight excluding hydrogens is 342 g/mol. The van der Waals surface area contributed by atoms with Crippen molar-refractivity contribution in [1.82, 2.24) is 4.98 Å². The quantitative estimate of drug-likeness (QED) is 0.606. The molecule has 1 heterocycles. The Morgan fingerprint density at radius 1 is 1.00 bits per heavy atom. The number of ether oxygens (including phenoxy) is 3. The van der Waals surface area contributed by atoms with Gasteiger partial charge in [-0.05, 0) is 47.9 Å². The van der Waals surface area contributed by atoms with Crippen LogP contribution in [0.5, 0.6) is 11.5 Å². The minimum absolute atomic E-state index is 0.325. The molecule has 0 amide bonds. The fourth-order valence-corrected chi connectivity index (χ4v) is 2.80. The summed E-state index contributed by atoms with van der Waals surface area (Å²) < 4.78 is 16.3. The lowest BCUT2D eigenvalue weighted by molar-refractivity contribution is 0.0601. The Hall–Kier alpha value is -3.34. The van der Waals surface area contributed by atoms with E-state index in [2.05, 4.69) is 4.98 Å². The monoisotopic (exact) mass is 363 g/mol. The fraction of sp³-hybridized carbons (Fsp3) is 0.182. The number of nitrogens with zero attached hydrogens (tertiary/aromatic N) is 1. The number of carbonyl (C=O) groups excluding carboxylic acids is 1. The van der Waals surface area contributed by atoms with Gasteiger partial charge in [-0.2, -0.15) is 0 Å². The van der Waals surface area contributed by atoms with Crippen LogP contribution in [-0.2, 0) is 11.3 Å². The van der Waals surface area contributed by atoms with Crippen molar-refractivity contribution < 1.29 is 19.0 Å². The lowest BCUT2D eigenvalue weighted by Gasteiger charge is -2.14. The molecule has 27 heavy (non-hydrogen) atoms. The van der Waals surface area contributed by atoms with Crippen LogP contribution in [-0.4, -0.2) is 25.2 Å². The highest BCUT2D eigenvalue weighted by Crippen LogP contribution is 2.34. The zero-order valence-corrected chi connectivity index (χ0v) is 15.6. The maximum atomic E-state index is 12.1. The zero-order chi connectivity index (χ0) is 19.2.